The third-order valence-electron chi connectivity index (χ3n) is 3.94. The van der Waals surface area contributed by atoms with Crippen LogP contribution in [0.15, 0.2) is 0 Å². The maximum atomic E-state index is 9.76. The molecule has 9 nitrogen and oxygen atoms in total. The van der Waals surface area contributed by atoms with E-state index in [1.165, 1.54) is 0 Å². The van der Waals surface area contributed by atoms with Crippen LogP contribution in [0, 0.1) is 0 Å². The first-order valence-corrected chi connectivity index (χ1v) is 11.9. The molecule has 0 fully saturated rings. The predicted molar refractivity (Wildman–Crippen MR) is 120 cm³/mol. The van der Waals surface area contributed by atoms with Crippen LogP contribution in [0.5, 0.6) is 0 Å². The van der Waals surface area contributed by atoms with E-state index in [-0.39, 0.29) is 149 Å². The molecule has 0 aromatic carbocycles. The average molecular weight is 571 g/mol. The van der Waals surface area contributed by atoms with Crippen LogP contribution >= 0.6 is 0 Å². The van der Waals surface area contributed by atoms with Crippen molar-refractivity contribution in [3.05, 3.63) is 0 Å². The Hall–Kier alpha value is 1.84. The molecule has 0 heterocycles. The minimum absolute atomic E-state index is 0. The summed E-state index contributed by atoms with van der Waals surface area (Å²) in [5.41, 5.74) is 0. The van der Waals surface area contributed by atoms with Gasteiger partial charge in [-0.15, -0.1) is 0 Å². The van der Waals surface area contributed by atoms with E-state index < -0.39 is 23.9 Å². The zero-order valence-electron chi connectivity index (χ0n) is 25.1. The summed E-state index contributed by atoms with van der Waals surface area (Å²) in [5, 5.41) is 39.1. The molecule has 0 aliphatic heterocycles. The first-order chi connectivity index (χ1) is 15.1. The van der Waals surface area contributed by atoms with Crippen LogP contribution in [0.1, 0.15) is 130 Å². The second kappa shape index (κ2) is 57.7. The van der Waals surface area contributed by atoms with Crippen LogP contribution in [0.2, 0.25) is 0 Å². The zero-order valence-corrected chi connectivity index (χ0v) is 33.1. The fourth-order valence-corrected chi connectivity index (χ4v) is 2.08. The Kier molecular flexibility index (Phi) is 97.4. The minimum Gasteiger partial charge on any atom is -0.550 e. The summed E-state index contributed by atoms with van der Waals surface area (Å²) < 4.78 is 0. The topological polar surface area (TPSA) is 192 Å². The number of aliphatic carboxylic acids is 4. The maximum Gasteiger partial charge on any atom is 1.00 e. The van der Waals surface area contributed by atoms with Gasteiger partial charge in [0.05, 0.1) is 0 Å². The van der Waals surface area contributed by atoms with E-state index >= 15 is 0 Å². The van der Waals surface area contributed by atoms with Gasteiger partial charge < -0.3 is 45.1 Å². The van der Waals surface area contributed by atoms with Gasteiger partial charge in [0.2, 0.25) is 0 Å². The fraction of sp³-hybridized carbons (Fsp3) is 0.833. The van der Waals surface area contributed by atoms with E-state index in [0.29, 0.717) is 0 Å². The van der Waals surface area contributed by atoms with Crippen molar-refractivity contribution in [1.82, 2.24) is 0 Å². The van der Waals surface area contributed by atoms with E-state index in [1.54, 1.807) is 0 Å². The van der Waals surface area contributed by atoms with Gasteiger partial charge in [-0.25, -0.2) is 0 Å². The Morgan fingerprint density at radius 2 is 0.514 bits per heavy atom. The number of unbranched alkanes of at least 4 members (excludes halogenated alkanes) is 8. The molecule has 0 radical (unpaired) electrons. The summed E-state index contributed by atoms with van der Waals surface area (Å²) in [6.07, 6.45) is 12.1. The SMILES string of the molecule is CCCCCC(=O)[O-].CCCCCC(=O)[O-].CCCCCC(=O)[O-].CCCCCC(=O)[O-].O.[Na+].[Na+].[Na+].[Na+]. The van der Waals surface area contributed by atoms with Crippen molar-refractivity contribution in [1.29, 1.82) is 0 Å². The van der Waals surface area contributed by atoms with Crippen molar-refractivity contribution < 1.29 is 163 Å². The molecule has 0 saturated heterocycles. The largest absolute Gasteiger partial charge is 1.00 e. The van der Waals surface area contributed by atoms with Gasteiger partial charge in [0, 0.05) is 23.9 Å². The van der Waals surface area contributed by atoms with Crippen molar-refractivity contribution in [2.45, 2.75) is 130 Å². The predicted octanol–water partition coefficient (Wildman–Crippen LogP) is -11.5. The Bertz CT molecular complexity index is 376. The third kappa shape index (κ3) is 102. The molecule has 0 atom stereocenters. The summed E-state index contributed by atoms with van der Waals surface area (Å²) >= 11 is 0. The van der Waals surface area contributed by atoms with E-state index in [4.69, 9.17) is 0 Å². The first kappa shape index (κ1) is 62.5. The Morgan fingerprint density at radius 1 is 0.378 bits per heavy atom. The van der Waals surface area contributed by atoms with Gasteiger partial charge in [-0.1, -0.05) is 79.1 Å². The van der Waals surface area contributed by atoms with Crippen LogP contribution in [-0.4, -0.2) is 29.4 Å². The molecule has 0 aromatic rings. The van der Waals surface area contributed by atoms with Gasteiger partial charge in [-0.3, -0.25) is 0 Å². The van der Waals surface area contributed by atoms with Gasteiger partial charge >= 0.3 is 118 Å². The molecule has 37 heavy (non-hydrogen) atoms. The quantitative estimate of drug-likeness (QED) is 0.129. The molecule has 0 unspecified atom stereocenters. The molecule has 0 saturated carbocycles. The normalized spacial score (nSPS) is 7.89. The number of hydrogen-bond acceptors (Lipinski definition) is 8. The molecule has 0 amide bonds. The molecule has 0 aliphatic rings. The number of rotatable bonds is 16. The van der Waals surface area contributed by atoms with E-state index in [1.807, 2.05) is 27.7 Å². The van der Waals surface area contributed by atoms with Gasteiger partial charge in [0.25, 0.3) is 0 Å². The van der Waals surface area contributed by atoms with E-state index in [2.05, 4.69) is 0 Å². The van der Waals surface area contributed by atoms with Gasteiger partial charge in [-0.2, -0.15) is 0 Å². The van der Waals surface area contributed by atoms with Crippen LogP contribution in [0.25, 0.3) is 0 Å². The van der Waals surface area contributed by atoms with Gasteiger partial charge in [0.1, 0.15) is 0 Å². The second-order valence-electron chi connectivity index (χ2n) is 7.32. The Labute approximate surface area is 313 Å². The average Bonchev–Trinajstić information content (AvgIpc) is 2.69. The van der Waals surface area contributed by atoms with Crippen molar-refractivity contribution in [3.8, 4) is 0 Å². The van der Waals surface area contributed by atoms with Crippen LogP contribution in [-0.2, 0) is 19.2 Å². The first-order valence-electron chi connectivity index (χ1n) is 11.9. The summed E-state index contributed by atoms with van der Waals surface area (Å²) in [6.45, 7) is 8.15. The van der Waals surface area contributed by atoms with Crippen molar-refractivity contribution in [2.75, 3.05) is 0 Å². The van der Waals surface area contributed by atoms with Crippen molar-refractivity contribution >= 4 is 23.9 Å². The summed E-state index contributed by atoms with van der Waals surface area (Å²) in [7, 11) is 0. The number of hydrogen-bond donors (Lipinski definition) is 0. The molecular weight excluding hydrogens is 524 g/mol. The zero-order chi connectivity index (χ0) is 25.6. The number of carbonyl (C=O) groups excluding carboxylic acids is 4. The molecule has 0 spiro atoms. The number of carboxylic acids is 4. The molecule has 2 N–H and O–H groups in total. The smallest absolute Gasteiger partial charge is 0.550 e. The summed E-state index contributed by atoms with van der Waals surface area (Å²) in [6, 6.07) is 0. The number of carboxylic acid groups (broad SMARTS) is 4. The van der Waals surface area contributed by atoms with Crippen molar-refractivity contribution in [2.24, 2.45) is 0 Å². The molecule has 0 aliphatic carbocycles. The van der Waals surface area contributed by atoms with Crippen LogP contribution in [0.3, 0.4) is 0 Å². The minimum atomic E-state index is -0.932. The van der Waals surface area contributed by atoms with Crippen molar-refractivity contribution in [3.63, 3.8) is 0 Å². The Balaban J connectivity index is -0.0000000386. The van der Waals surface area contributed by atoms with Gasteiger partial charge in [0.15, 0.2) is 0 Å². The molecule has 0 bridgehead atoms. The standard InChI is InChI=1S/4C6H12O2.4Na.H2O/c4*1-2-3-4-5-6(7)8;;;;;/h4*2-5H2,1H3,(H,7,8);;;;;1H2/q;;;;4*+1;/p-4. The molecule has 13 heteroatoms. The molecule has 200 valence electrons. The van der Waals surface area contributed by atoms with E-state index in [9.17, 15) is 39.6 Å². The molecule has 0 rings (SSSR count). The van der Waals surface area contributed by atoms with Gasteiger partial charge in [-0.05, 0) is 51.4 Å². The maximum absolute atomic E-state index is 9.76. The second-order valence-corrected chi connectivity index (χ2v) is 7.32. The van der Waals surface area contributed by atoms with E-state index in [0.717, 1.165) is 77.0 Å². The number of carbonyl (C=O) groups is 4. The summed E-state index contributed by atoms with van der Waals surface area (Å²) in [5.74, 6) is -3.73. The third-order valence-corrected chi connectivity index (χ3v) is 3.94. The monoisotopic (exact) mass is 570 g/mol. The molecule has 0 aromatic heterocycles. The molecular formula is C24H46Na4O9. The summed E-state index contributed by atoms with van der Waals surface area (Å²) in [4.78, 5) is 39.1. The fourth-order valence-electron chi connectivity index (χ4n) is 2.08. The van der Waals surface area contributed by atoms with Crippen LogP contribution < -0.4 is 139 Å². The Morgan fingerprint density at radius 3 is 0.595 bits per heavy atom. The van der Waals surface area contributed by atoms with Crippen LogP contribution in [0.4, 0.5) is 0 Å².